The van der Waals surface area contributed by atoms with Crippen LogP contribution in [0.2, 0.25) is 0 Å². The summed E-state index contributed by atoms with van der Waals surface area (Å²) in [5.41, 5.74) is 2.22. The van der Waals surface area contributed by atoms with Crippen LogP contribution in [0.3, 0.4) is 0 Å². The molecule has 1 saturated heterocycles. The molecule has 0 spiro atoms. The van der Waals surface area contributed by atoms with E-state index in [9.17, 15) is 9.18 Å². The van der Waals surface area contributed by atoms with Crippen LogP contribution in [0.1, 0.15) is 34.3 Å². The molecule has 0 aromatic heterocycles. The number of halogens is 1. The van der Waals surface area contributed by atoms with Gasteiger partial charge in [-0.15, -0.1) is 0 Å². The minimum absolute atomic E-state index is 0.228. The summed E-state index contributed by atoms with van der Waals surface area (Å²) < 4.78 is 30.4. The summed E-state index contributed by atoms with van der Waals surface area (Å²) in [6.07, 6.45) is 2.12. The molecular weight excluding hydrogens is 459 g/mol. The number of nitrogens with one attached hydrogen (secondary N) is 1. The summed E-state index contributed by atoms with van der Waals surface area (Å²) in [7, 11) is 2.13. The number of para-hydroxylation sites is 1. The maximum absolute atomic E-state index is 13.1. The Morgan fingerprint density at radius 3 is 2.58 bits per heavy atom. The van der Waals surface area contributed by atoms with Crippen LogP contribution in [0.15, 0.2) is 72.8 Å². The molecule has 0 bridgehead atoms. The highest BCUT2D eigenvalue weighted by Gasteiger charge is 2.18. The molecule has 0 saturated carbocycles. The molecule has 1 heterocycles. The zero-order valence-corrected chi connectivity index (χ0v) is 20.6. The second-order valence-corrected chi connectivity index (χ2v) is 8.91. The highest BCUT2D eigenvalue weighted by atomic mass is 19.1. The molecule has 3 aromatic carbocycles. The van der Waals surface area contributed by atoms with Crippen LogP contribution >= 0.6 is 0 Å². The highest BCUT2D eigenvalue weighted by molar-refractivity contribution is 5.96. The average molecular weight is 493 g/mol. The van der Waals surface area contributed by atoms with Gasteiger partial charge in [0.1, 0.15) is 30.5 Å². The molecule has 0 aliphatic carbocycles. The van der Waals surface area contributed by atoms with E-state index in [4.69, 9.17) is 14.2 Å². The van der Waals surface area contributed by atoms with E-state index in [0.717, 1.165) is 49.5 Å². The number of nitrogens with zero attached hydrogens (tertiary/aromatic N) is 1. The maximum Gasteiger partial charge on any atom is 0.255 e. The van der Waals surface area contributed by atoms with E-state index in [2.05, 4.69) is 17.3 Å². The van der Waals surface area contributed by atoms with Gasteiger partial charge >= 0.3 is 0 Å². The number of likely N-dealkylation sites (N-methyl/N-ethyl adjacent to an activating group) is 1. The van der Waals surface area contributed by atoms with E-state index in [1.807, 2.05) is 30.3 Å². The van der Waals surface area contributed by atoms with Gasteiger partial charge < -0.3 is 19.5 Å². The van der Waals surface area contributed by atoms with Gasteiger partial charge in [-0.1, -0.05) is 36.4 Å². The largest absolute Gasteiger partial charge is 0.492 e. The number of amides is 1. The molecule has 1 amide bonds. The Morgan fingerprint density at radius 2 is 1.78 bits per heavy atom. The molecule has 7 heteroatoms. The Morgan fingerprint density at radius 1 is 1.00 bits per heavy atom. The molecule has 3 aromatic rings. The lowest BCUT2D eigenvalue weighted by Gasteiger charge is -2.31. The molecular formula is C29H33FN2O4. The quantitative estimate of drug-likeness (QED) is 0.416. The van der Waals surface area contributed by atoms with Crippen LogP contribution in [0, 0.1) is 5.82 Å². The first-order valence-corrected chi connectivity index (χ1v) is 12.3. The van der Waals surface area contributed by atoms with E-state index >= 15 is 0 Å². The highest BCUT2D eigenvalue weighted by Crippen LogP contribution is 2.20. The minimum Gasteiger partial charge on any atom is -0.492 e. The molecule has 1 aliphatic heterocycles. The Labute approximate surface area is 212 Å². The Balaban J connectivity index is 1.27. The molecule has 0 radical (unpaired) electrons. The number of hydrogen-bond acceptors (Lipinski definition) is 5. The van der Waals surface area contributed by atoms with E-state index in [0.29, 0.717) is 30.5 Å². The van der Waals surface area contributed by atoms with Crippen molar-refractivity contribution in [3.8, 4) is 11.5 Å². The zero-order valence-electron chi connectivity index (χ0n) is 20.6. The van der Waals surface area contributed by atoms with Crippen LogP contribution in [0.5, 0.6) is 11.5 Å². The van der Waals surface area contributed by atoms with Crippen molar-refractivity contribution in [3.63, 3.8) is 0 Å². The van der Waals surface area contributed by atoms with Crippen molar-refractivity contribution in [2.24, 2.45) is 0 Å². The van der Waals surface area contributed by atoms with E-state index in [-0.39, 0.29) is 18.3 Å². The molecule has 190 valence electrons. The van der Waals surface area contributed by atoms with Crippen molar-refractivity contribution in [2.45, 2.75) is 32.0 Å². The van der Waals surface area contributed by atoms with Gasteiger partial charge in [0, 0.05) is 32.3 Å². The lowest BCUT2D eigenvalue weighted by Crippen LogP contribution is -2.38. The third kappa shape index (κ3) is 7.54. The first kappa shape index (κ1) is 25.7. The predicted molar refractivity (Wildman–Crippen MR) is 137 cm³/mol. The summed E-state index contributed by atoms with van der Waals surface area (Å²) in [4.78, 5) is 15.2. The third-order valence-electron chi connectivity index (χ3n) is 6.32. The van der Waals surface area contributed by atoms with Crippen LogP contribution in [-0.2, 0) is 17.9 Å². The lowest BCUT2D eigenvalue weighted by atomic mass is 10.1. The third-order valence-corrected chi connectivity index (χ3v) is 6.32. The van der Waals surface area contributed by atoms with Gasteiger partial charge in [-0.05, 0) is 67.4 Å². The van der Waals surface area contributed by atoms with E-state index in [1.54, 1.807) is 30.3 Å². The molecule has 1 aliphatic rings. The summed E-state index contributed by atoms with van der Waals surface area (Å²) >= 11 is 0. The van der Waals surface area contributed by atoms with E-state index in [1.165, 1.54) is 12.1 Å². The summed E-state index contributed by atoms with van der Waals surface area (Å²) in [6.45, 7) is 3.71. The second kappa shape index (κ2) is 13.0. The first-order valence-electron chi connectivity index (χ1n) is 12.3. The van der Waals surface area contributed by atoms with Gasteiger partial charge in [0.2, 0.25) is 0 Å². The van der Waals surface area contributed by atoms with Crippen molar-refractivity contribution < 1.29 is 23.4 Å². The predicted octanol–water partition coefficient (Wildman–Crippen LogP) is 4.82. The van der Waals surface area contributed by atoms with Crippen LogP contribution in [-0.4, -0.2) is 50.3 Å². The molecule has 4 rings (SSSR count). The van der Waals surface area contributed by atoms with Crippen LogP contribution in [0.25, 0.3) is 0 Å². The Kier molecular flexibility index (Phi) is 9.30. The van der Waals surface area contributed by atoms with Gasteiger partial charge in [-0.3, -0.25) is 9.69 Å². The van der Waals surface area contributed by atoms with Crippen molar-refractivity contribution in [2.75, 3.05) is 33.4 Å². The Hall–Kier alpha value is -3.42. The number of benzene rings is 3. The lowest BCUT2D eigenvalue weighted by molar-refractivity contribution is 0.0392. The molecule has 0 unspecified atom stereocenters. The summed E-state index contributed by atoms with van der Waals surface area (Å²) in [6, 6.07) is 21.5. The van der Waals surface area contributed by atoms with Crippen LogP contribution in [0.4, 0.5) is 4.39 Å². The normalized spacial score (nSPS) is 14.0. The molecule has 0 atom stereocenters. The van der Waals surface area contributed by atoms with Crippen molar-refractivity contribution in [3.05, 3.63) is 95.3 Å². The molecule has 1 N–H and O–H groups in total. The summed E-state index contributed by atoms with van der Waals surface area (Å²) in [5, 5.41) is 2.96. The van der Waals surface area contributed by atoms with Gasteiger partial charge in [-0.2, -0.15) is 0 Å². The standard InChI is InChI=1S/C29H33FN2O4/c1-32(25-13-16-34-17-14-25)15-18-35-26-6-4-5-23(19-26)20-31-29(33)27-7-2-3-8-28(27)36-21-22-9-11-24(30)12-10-22/h2-12,19,25H,13-18,20-21H2,1H3,(H,31,33). The average Bonchev–Trinajstić information content (AvgIpc) is 2.92. The smallest absolute Gasteiger partial charge is 0.255 e. The van der Waals surface area contributed by atoms with Crippen molar-refractivity contribution in [1.82, 2.24) is 10.2 Å². The maximum atomic E-state index is 13.1. The number of rotatable bonds is 11. The Bertz CT molecular complexity index is 1120. The number of ether oxygens (including phenoxy) is 3. The first-order chi connectivity index (χ1) is 17.6. The number of hydrogen-bond donors (Lipinski definition) is 1. The fraction of sp³-hybridized carbons (Fsp3) is 0.345. The minimum atomic E-state index is -0.296. The van der Waals surface area contributed by atoms with Crippen LogP contribution < -0.4 is 14.8 Å². The summed E-state index contributed by atoms with van der Waals surface area (Å²) in [5.74, 6) is 0.736. The fourth-order valence-corrected chi connectivity index (χ4v) is 4.16. The number of carbonyl (C=O) groups excluding carboxylic acids is 1. The fourth-order valence-electron chi connectivity index (χ4n) is 4.16. The molecule has 36 heavy (non-hydrogen) atoms. The van der Waals surface area contributed by atoms with Gasteiger partial charge in [-0.25, -0.2) is 4.39 Å². The van der Waals surface area contributed by atoms with Gasteiger partial charge in [0.05, 0.1) is 5.56 Å². The van der Waals surface area contributed by atoms with Gasteiger partial charge in [0.15, 0.2) is 0 Å². The van der Waals surface area contributed by atoms with E-state index < -0.39 is 0 Å². The van der Waals surface area contributed by atoms with Gasteiger partial charge in [0.25, 0.3) is 5.91 Å². The molecule has 1 fully saturated rings. The number of carbonyl (C=O) groups is 1. The zero-order chi connectivity index (χ0) is 25.2. The monoisotopic (exact) mass is 492 g/mol. The van der Waals surface area contributed by atoms with Crippen molar-refractivity contribution >= 4 is 5.91 Å². The second-order valence-electron chi connectivity index (χ2n) is 8.91. The SMILES string of the molecule is CN(CCOc1cccc(CNC(=O)c2ccccc2OCc2ccc(F)cc2)c1)C1CCOCC1. The topological polar surface area (TPSA) is 60.0 Å². The van der Waals surface area contributed by atoms with Crippen molar-refractivity contribution in [1.29, 1.82) is 0 Å². The molecule has 6 nitrogen and oxygen atoms in total.